The highest BCUT2D eigenvalue weighted by Crippen LogP contribution is 2.12. The number of aromatic nitrogens is 3. The molecular weight excluding hydrogens is 186 g/mol. The molecule has 0 N–H and O–H groups in total. The summed E-state index contributed by atoms with van der Waals surface area (Å²) < 4.78 is 1.97. The second-order valence-electron chi connectivity index (χ2n) is 2.94. The molecule has 68 valence electrons. The highest BCUT2D eigenvalue weighted by atomic mass is 35.5. The van der Waals surface area contributed by atoms with E-state index in [9.17, 15) is 0 Å². The number of pyridine rings is 1. The zero-order chi connectivity index (χ0) is 9.26. The summed E-state index contributed by atoms with van der Waals surface area (Å²) in [6.45, 7) is 2.12. The number of nitrogens with zero attached hydrogens (tertiary/aromatic N) is 3. The van der Waals surface area contributed by atoms with Gasteiger partial charge in [0, 0.05) is 23.7 Å². The maximum absolute atomic E-state index is 5.82. The molecule has 0 aliphatic heterocycles. The lowest BCUT2D eigenvalue weighted by molar-refractivity contribution is 0.818. The van der Waals surface area contributed by atoms with Crippen LogP contribution >= 0.6 is 11.6 Å². The van der Waals surface area contributed by atoms with Crippen LogP contribution in [0.25, 0.3) is 5.65 Å². The second-order valence-corrected chi connectivity index (χ2v) is 3.38. The van der Waals surface area contributed by atoms with Gasteiger partial charge in [-0.3, -0.25) is 4.40 Å². The van der Waals surface area contributed by atoms with E-state index in [0.29, 0.717) is 5.02 Å². The average molecular weight is 196 g/mol. The van der Waals surface area contributed by atoms with Crippen molar-refractivity contribution in [2.75, 3.05) is 0 Å². The van der Waals surface area contributed by atoms with Crippen molar-refractivity contribution in [2.45, 2.75) is 19.8 Å². The molecule has 0 fully saturated rings. The number of fused-ring (bicyclic) bond motifs is 1. The SMILES string of the molecule is CCCc1nnc2cc(Cl)ccn12. The summed E-state index contributed by atoms with van der Waals surface area (Å²) in [5, 5.41) is 8.80. The van der Waals surface area contributed by atoms with Gasteiger partial charge in [0.2, 0.25) is 0 Å². The van der Waals surface area contributed by atoms with Gasteiger partial charge < -0.3 is 0 Å². The maximum Gasteiger partial charge on any atom is 0.162 e. The van der Waals surface area contributed by atoms with Gasteiger partial charge >= 0.3 is 0 Å². The van der Waals surface area contributed by atoms with Crippen molar-refractivity contribution in [3.05, 3.63) is 29.2 Å². The van der Waals surface area contributed by atoms with Crippen LogP contribution in [0.15, 0.2) is 18.3 Å². The Kier molecular flexibility index (Phi) is 2.19. The van der Waals surface area contributed by atoms with Gasteiger partial charge in [0.05, 0.1) is 0 Å². The highest BCUT2D eigenvalue weighted by molar-refractivity contribution is 6.30. The van der Waals surface area contributed by atoms with E-state index in [1.54, 1.807) is 0 Å². The average Bonchev–Trinajstić information content (AvgIpc) is 2.49. The fourth-order valence-corrected chi connectivity index (χ4v) is 1.46. The van der Waals surface area contributed by atoms with Gasteiger partial charge in [0.1, 0.15) is 5.82 Å². The third kappa shape index (κ3) is 1.52. The minimum atomic E-state index is 0.697. The normalized spacial score (nSPS) is 10.9. The van der Waals surface area contributed by atoms with Crippen molar-refractivity contribution in [3.63, 3.8) is 0 Å². The minimum absolute atomic E-state index is 0.697. The molecule has 0 aliphatic carbocycles. The van der Waals surface area contributed by atoms with E-state index >= 15 is 0 Å². The zero-order valence-corrected chi connectivity index (χ0v) is 8.12. The van der Waals surface area contributed by atoms with Crippen molar-refractivity contribution in [1.29, 1.82) is 0 Å². The van der Waals surface area contributed by atoms with Crippen LogP contribution in [-0.4, -0.2) is 14.6 Å². The number of hydrogen-bond donors (Lipinski definition) is 0. The molecule has 0 unspecified atom stereocenters. The summed E-state index contributed by atoms with van der Waals surface area (Å²) >= 11 is 5.82. The van der Waals surface area contributed by atoms with E-state index in [1.807, 2.05) is 22.7 Å². The predicted molar refractivity (Wildman–Crippen MR) is 52.0 cm³/mol. The standard InChI is InChI=1S/C9H10ClN3/c1-2-3-8-11-12-9-6-7(10)4-5-13(8)9/h4-6H,2-3H2,1H3. The summed E-state index contributed by atoms with van der Waals surface area (Å²) in [5.41, 5.74) is 0.816. The summed E-state index contributed by atoms with van der Waals surface area (Å²) in [7, 11) is 0. The Labute approximate surface area is 81.4 Å². The first-order valence-electron chi connectivity index (χ1n) is 4.30. The van der Waals surface area contributed by atoms with Gasteiger partial charge in [-0.25, -0.2) is 0 Å². The fraction of sp³-hybridized carbons (Fsp3) is 0.333. The maximum atomic E-state index is 5.82. The van der Waals surface area contributed by atoms with Gasteiger partial charge in [0.25, 0.3) is 0 Å². The summed E-state index contributed by atoms with van der Waals surface area (Å²) in [6.07, 6.45) is 3.93. The van der Waals surface area contributed by atoms with Crippen molar-refractivity contribution in [1.82, 2.24) is 14.6 Å². The first-order chi connectivity index (χ1) is 6.31. The molecule has 2 aromatic rings. The Morgan fingerprint density at radius 2 is 2.31 bits per heavy atom. The van der Waals surface area contributed by atoms with Gasteiger partial charge in [-0.05, 0) is 12.5 Å². The molecule has 13 heavy (non-hydrogen) atoms. The Morgan fingerprint density at radius 1 is 1.46 bits per heavy atom. The molecule has 0 aromatic carbocycles. The molecule has 4 heteroatoms. The lowest BCUT2D eigenvalue weighted by Crippen LogP contribution is -1.92. The third-order valence-electron chi connectivity index (χ3n) is 1.92. The molecule has 2 aromatic heterocycles. The lowest BCUT2D eigenvalue weighted by atomic mass is 10.3. The largest absolute Gasteiger partial charge is 0.286 e. The van der Waals surface area contributed by atoms with Crippen LogP contribution < -0.4 is 0 Å². The van der Waals surface area contributed by atoms with Crippen molar-refractivity contribution >= 4 is 17.2 Å². The van der Waals surface area contributed by atoms with Crippen LogP contribution in [0.2, 0.25) is 5.02 Å². The monoisotopic (exact) mass is 195 g/mol. The molecule has 0 bridgehead atoms. The van der Waals surface area contributed by atoms with Gasteiger partial charge in [-0.1, -0.05) is 18.5 Å². The minimum Gasteiger partial charge on any atom is -0.286 e. The predicted octanol–water partition coefficient (Wildman–Crippen LogP) is 2.34. The summed E-state index contributed by atoms with van der Waals surface area (Å²) in [6, 6.07) is 3.66. The summed E-state index contributed by atoms with van der Waals surface area (Å²) in [4.78, 5) is 0. The molecule has 0 spiro atoms. The quantitative estimate of drug-likeness (QED) is 0.737. The molecule has 0 amide bonds. The highest BCUT2D eigenvalue weighted by Gasteiger charge is 2.03. The second kappa shape index (κ2) is 3.34. The molecule has 3 nitrogen and oxygen atoms in total. The van der Waals surface area contributed by atoms with Crippen molar-refractivity contribution in [2.24, 2.45) is 0 Å². The summed E-state index contributed by atoms with van der Waals surface area (Å²) in [5.74, 6) is 0.995. The Hall–Kier alpha value is -1.09. The van der Waals surface area contributed by atoms with Gasteiger partial charge in [0.15, 0.2) is 5.65 Å². The molecule has 0 radical (unpaired) electrons. The molecular formula is C9H10ClN3. The third-order valence-corrected chi connectivity index (χ3v) is 2.15. The topological polar surface area (TPSA) is 30.2 Å². The Balaban J connectivity index is 2.55. The van der Waals surface area contributed by atoms with Crippen LogP contribution in [0.3, 0.4) is 0 Å². The van der Waals surface area contributed by atoms with Crippen molar-refractivity contribution in [3.8, 4) is 0 Å². The Morgan fingerprint density at radius 3 is 3.08 bits per heavy atom. The molecule has 2 rings (SSSR count). The van der Waals surface area contributed by atoms with Crippen LogP contribution in [0.5, 0.6) is 0 Å². The van der Waals surface area contributed by atoms with E-state index in [4.69, 9.17) is 11.6 Å². The smallest absolute Gasteiger partial charge is 0.162 e. The molecule has 0 aliphatic rings. The fourth-order valence-electron chi connectivity index (χ4n) is 1.31. The van der Waals surface area contributed by atoms with Crippen LogP contribution in [-0.2, 0) is 6.42 Å². The van der Waals surface area contributed by atoms with Crippen LogP contribution in [0.1, 0.15) is 19.2 Å². The van der Waals surface area contributed by atoms with Crippen LogP contribution in [0.4, 0.5) is 0 Å². The molecule has 0 saturated heterocycles. The molecule has 2 heterocycles. The van der Waals surface area contributed by atoms with E-state index in [-0.39, 0.29) is 0 Å². The molecule has 0 atom stereocenters. The lowest BCUT2D eigenvalue weighted by Gasteiger charge is -1.96. The van der Waals surface area contributed by atoms with Gasteiger partial charge in [-0.2, -0.15) is 0 Å². The zero-order valence-electron chi connectivity index (χ0n) is 7.37. The van der Waals surface area contributed by atoms with E-state index in [2.05, 4.69) is 17.1 Å². The van der Waals surface area contributed by atoms with Crippen LogP contribution in [0, 0.1) is 0 Å². The Bertz CT molecular complexity index is 422. The first kappa shape index (κ1) is 8.51. The van der Waals surface area contributed by atoms with Crippen molar-refractivity contribution < 1.29 is 0 Å². The first-order valence-corrected chi connectivity index (χ1v) is 4.68. The molecule has 0 saturated carbocycles. The van der Waals surface area contributed by atoms with Gasteiger partial charge in [-0.15, -0.1) is 10.2 Å². The number of rotatable bonds is 2. The number of halogens is 1. The van der Waals surface area contributed by atoms with E-state index in [0.717, 1.165) is 24.3 Å². The van der Waals surface area contributed by atoms with E-state index < -0.39 is 0 Å². The number of hydrogen-bond acceptors (Lipinski definition) is 2. The van der Waals surface area contributed by atoms with E-state index in [1.165, 1.54) is 0 Å². The number of aryl methyl sites for hydroxylation is 1.